The Morgan fingerprint density at radius 3 is 0.795 bits per heavy atom. The van der Waals surface area contributed by atoms with Crippen molar-refractivity contribution in [3.63, 3.8) is 0 Å². The maximum absolute atomic E-state index is 12.9. The number of carbonyl (C=O) groups is 3. The summed E-state index contributed by atoms with van der Waals surface area (Å²) in [4.78, 5) is 38.3. The van der Waals surface area contributed by atoms with Crippen LogP contribution in [0.4, 0.5) is 0 Å². The van der Waals surface area contributed by atoms with Crippen LogP contribution in [0.3, 0.4) is 0 Å². The number of rotatable bonds is 58. The highest BCUT2D eigenvalue weighted by molar-refractivity contribution is 5.71. The Labute approximate surface area is 482 Å². The fourth-order valence-corrected chi connectivity index (χ4v) is 8.87. The summed E-state index contributed by atoms with van der Waals surface area (Å²) in [5, 5.41) is 0. The molecule has 78 heavy (non-hydrogen) atoms. The van der Waals surface area contributed by atoms with E-state index >= 15 is 0 Å². The summed E-state index contributed by atoms with van der Waals surface area (Å²) in [5.41, 5.74) is 0. The first-order valence-corrected chi connectivity index (χ1v) is 32.5. The molecule has 0 aliphatic carbocycles. The normalized spacial score (nSPS) is 12.9. The van der Waals surface area contributed by atoms with E-state index in [1.807, 2.05) is 0 Å². The predicted octanol–water partition coefficient (Wildman–Crippen LogP) is 22.4. The van der Waals surface area contributed by atoms with Crippen molar-refractivity contribution in [2.45, 2.75) is 303 Å². The third-order valence-electron chi connectivity index (χ3n) is 13.7. The van der Waals surface area contributed by atoms with Crippen molar-refractivity contribution < 1.29 is 28.6 Å². The van der Waals surface area contributed by atoms with Crippen molar-refractivity contribution in [2.24, 2.45) is 0 Å². The molecule has 0 aliphatic rings. The van der Waals surface area contributed by atoms with Gasteiger partial charge in [0.05, 0.1) is 0 Å². The van der Waals surface area contributed by atoms with E-state index in [4.69, 9.17) is 14.2 Å². The lowest BCUT2D eigenvalue weighted by atomic mass is 10.0. The van der Waals surface area contributed by atoms with Gasteiger partial charge in [-0.15, -0.1) is 0 Å². The predicted molar refractivity (Wildman–Crippen MR) is 339 cm³/mol. The number of hydrogen-bond donors (Lipinski definition) is 0. The Morgan fingerprint density at radius 2 is 0.500 bits per heavy atom. The molecule has 6 heteroatoms. The molecule has 0 rings (SSSR count). The minimum atomic E-state index is -0.798. The molecule has 0 amide bonds. The van der Waals surface area contributed by atoms with Gasteiger partial charge in [0, 0.05) is 19.3 Å². The largest absolute Gasteiger partial charge is 0.462 e. The van der Waals surface area contributed by atoms with Gasteiger partial charge in [-0.1, -0.05) is 271 Å². The summed E-state index contributed by atoms with van der Waals surface area (Å²) < 4.78 is 16.9. The van der Waals surface area contributed by atoms with Crippen LogP contribution in [-0.2, 0) is 28.6 Å². The standard InChI is InChI=1S/C72H120O6/c1-4-7-10-13-16-19-22-25-28-30-31-32-33-34-35-36-37-38-39-40-41-43-44-47-50-53-56-59-62-65-71(74)77-68-69(67-76-70(73)64-61-58-55-52-49-46-27-24-21-18-15-12-9-6-3)78-72(75)66-63-60-57-54-51-48-45-42-29-26-23-20-17-14-11-8-5-2/h7-8,10-11,16-17,19-20,24-29,31-32,34-35,45,48,69H,4-6,9,12-15,18,21-23,30,33,36-44,46-47,49-68H2,1-3H3/b10-7-,11-8-,19-16-,20-17-,27-24-,28-25-,29-26-,32-31-,35-34-,48-45-. The highest BCUT2D eigenvalue weighted by atomic mass is 16.6. The fourth-order valence-electron chi connectivity index (χ4n) is 8.87. The third-order valence-corrected chi connectivity index (χ3v) is 13.7. The lowest BCUT2D eigenvalue weighted by Crippen LogP contribution is -2.30. The second-order valence-corrected chi connectivity index (χ2v) is 21.3. The number of hydrogen-bond acceptors (Lipinski definition) is 6. The molecule has 0 radical (unpaired) electrons. The lowest BCUT2D eigenvalue weighted by molar-refractivity contribution is -0.167. The highest BCUT2D eigenvalue weighted by Crippen LogP contribution is 2.16. The SMILES string of the molecule is CC/C=C\C/C=C\C/C=C\C/C=C\C/C=C\CCCCCCCCCCCCCCCC(=O)OCC(COC(=O)CCCCCCC/C=C\CCCCCCC)OC(=O)CCCCCC/C=C\C/C=C\C/C=C\C/C=C\CC. The van der Waals surface area contributed by atoms with Crippen LogP contribution < -0.4 is 0 Å². The van der Waals surface area contributed by atoms with Crippen molar-refractivity contribution in [2.75, 3.05) is 13.2 Å². The van der Waals surface area contributed by atoms with Crippen LogP contribution >= 0.6 is 0 Å². The molecular formula is C72H120O6. The maximum atomic E-state index is 12.9. The number of esters is 3. The van der Waals surface area contributed by atoms with Gasteiger partial charge in [0.2, 0.25) is 0 Å². The molecule has 0 fully saturated rings. The van der Waals surface area contributed by atoms with Gasteiger partial charge in [0.25, 0.3) is 0 Å². The maximum Gasteiger partial charge on any atom is 0.306 e. The molecule has 1 atom stereocenters. The summed E-state index contributed by atoms with van der Waals surface area (Å²) in [7, 11) is 0. The fraction of sp³-hybridized carbons (Fsp3) is 0.681. The van der Waals surface area contributed by atoms with E-state index in [-0.39, 0.29) is 31.1 Å². The van der Waals surface area contributed by atoms with Crippen LogP contribution in [0.1, 0.15) is 297 Å². The van der Waals surface area contributed by atoms with E-state index in [2.05, 4.69) is 142 Å². The van der Waals surface area contributed by atoms with E-state index in [1.54, 1.807) is 0 Å². The first-order chi connectivity index (χ1) is 38.5. The van der Waals surface area contributed by atoms with Gasteiger partial charge in [-0.25, -0.2) is 0 Å². The van der Waals surface area contributed by atoms with Gasteiger partial charge >= 0.3 is 17.9 Å². The number of carbonyl (C=O) groups excluding carboxylic acids is 3. The zero-order chi connectivity index (χ0) is 56.4. The third kappa shape index (κ3) is 62.7. The summed E-state index contributed by atoms with van der Waals surface area (Å²) in [6.45, 7) is 6.39. The van der Waals surface area contributed by atoms with Crippen molar-refractivity contribution in [3.05, 3.63) is 122 Å². The van der Waals surface area contributed by atoms with Gasteiger partial charge in [-0.2, -0.15) is 0 Å². The average molecular weight is 1080 g/mol. The van der Waals surface area contributed by atoms with Gasteiger partial charge in [0.1, 0.15) is 13.2 Å². The molecule has 444 valence electrons. The van der Waals surface area contributed by atoms with Crippen LogP contribution in [0.2, 0.25) is 0 Å². The molecule has 0 saturated carbocycles. The second kappa shape index (κ2) is 65.3. The quantitative estimate of drug-likeness (QED) is 0.0261. The van der Waals surface area contributed by atoms with Crippen LogP contribution in [0.25, 0.3) is 0 Å². The summed E-state index contributed by atoms with van der Waals surface area (Å²) in [6.07, 6.45) is 90.6. The molecule has 6 nitrogen and oxygen atoms in total. The summed E-state index contributed by atoms with van der Waals surface area (Å²) >= 11 is 0. The van der Waals surface area contributed by atoms with E-state index in [1.165, 1.54) is 122 Å². The van der Waals surface area contributed by atoms with Crippen molar-refractivity contribution >= 4 is 17.9 Å². The molecule has 0 heterocycles. The Morgan fingerprint density at radius 1 is 0.269 bits per heavy atom. The topological polar surface area (TPSA) is 78.9 Å². The molecule has 0 N–H and O–H groups in total. The zero-order valence-electron chi connectivity index (χ0n) is 50.9. The molecular weight excluding hydrogens is 961 g/mol. The van der Waals surface area contributed by atoms with Crippen molar-refractivity contribution in [1.82, 2.24) is 0 Å². The first kappa shape index (κ1) is 73.8. The smallest absolute Gasteiger partial charge is 0.306 e. The van der Waals surface area contributed by atoms with Crippen molar-refractivity contribution in [3.8, 4) is 0 Å². The summed E-state index contributed by atoms with van der Waals surface area (Å²) in [6, 6.07) is 0. The first-order valence-electron chi connectivity index (χ1n) is 32.5. The van der Waals surface area contributed by atoms with Crippen LogP contribution in [-0.4, -0.2) is 37.2 Å². The van der Waals surface area contributed by atoms with E-state index in [9.17, 15) is 14.4 Å². The van der Waals surface area contributed by atoms with Crippen LogP contribution in [0, 0.1) is 0 Å². The molecule has 0 aromatic carbocycles. The van der Waals surface area contributed by atoms with Crippen LogP contribution in [0.15, 0.2) is 122 Å². The van der Waals surface area contributed by atoms with Gasteiger partial charge in [-0.3, -0.25) is 14.4 Å². The van der Waals surface area contributed by atoms with Crippen LogP contribution in [0.5, 0.6) is 0 Å². The second-order valence-electron chi connectivity index (χ2n) is 21.3. The Hall–Kier alpha value is -4.19. The van der Waals surface area contributed by atoms with E-state index in [0.29, 0.717) is 19.3 Å². The van der Waals surface area contributed by atoms with Gasteiger partial charge < -0.3 is 14.2 Å². The monoisotopic (exact) mass is 1080 g/mol. The molecule has 0 aliphatic heterocycles. The highest BCUT2D eigenvalue weighted by Gasteiger charge is 2.19. The number of unbranched alkanes of at least 4 members (excludes halogenated alkanes) is 27. The van der Waals surface area contributed by atoms with E-state index in [0.717, 1.165) is 135 Å². The molecule has 0 spiro atoms. The minimum Gasteiger partial charge on any atom is -0.462 e. The molecule has 0 bridgehead atoms. The van der Waals surface area contributed by atoms with Gasteiger partial charge in [0.15, 0.2) is 6.10 Å². The Bertz CT molecular complexity index is 1620. The van der Waals surface area contributed by atoms with Gasteiger partial charge in [-0.05, 0) is 128 Å². The zero-order valence-corrected chi connectivity index (χ0v) is 50.9. The summed E-state index contributed by atoms with van der Waals surface area (Å²) in [5.74, 6) is -0.920. The number of ether oxygens (including phenoxy) is 3. The molecule has 0 aromatic rings. The van der Waals surface area contributed by atoms with E-state index < -0.39 is 6.10 Å². The molecule has 0 aromatic heterocycles. The lowest BCUT2D eigenvalue weighted by Gasteiger charge is -2.18. The molecule has 0 saturated heterocycles. The minimum absolute atomic E-state index is 0.0921. The Kier molecular flexibility index (Phi) is 61.8. The average Bonchev–Trinajstić information content (AvgIpc) is 3.44. The number of allylic oxidation sites excluding steroid dienone is 20. The van der Waals surface area contributed by atoms with Crippen molar-refractivity contribution in [1.29, 1.82) is 0 Å². The molecule has 1 unspecified atom stereocenters. The Balaban J connectivity index is 4.31.